The molecule has 8 heteroatoms. The second kappa shape index (κ2) is 12.8. The van der Waals surface area contributed by atoms with E-state index in [1.54, 1.807) is 6.92 Å². The van der Waals surface area contributed by atoms with E-state index in [-0.39, 0.29) is 11.7 Å². The molecule has 0 radical (unpaired) electrons. The van der Waals surface area contributed by atoms with Crippen molar-refractivity contribution in [2.75, 3.05) is 12.0 Å². The van der Waals surface area contributed by atoms with Gasteiger partial charge in [0.25, 0.3) is 0 Å². The lowest BCUT2D eigenvalue weighted by Crippen LogP contribution is -2.11. The van der Waals surface area contributed by atoms with Crippen molar-refractivity contribution < 1.29 is 25.9 Å². The Morgan fingerprint density at radius 2 is 1.26 bits per heavy atom. The van der Waals surface area contributed by atoms with E-state index in [0.29, 0.717) is 6.26 Å². The molecule has 0 N–H and O–H groups in total. The molecule has 6 nitrogen and oxygen atoms in total. The van der Waals surface area contributed by atoms with Crippen LogP contribution in [0.15, 0.2) is 0 Å². The summed E-state index contributed by atoms with van der Waals surface area (Å²) in [6, 6.07) is 0. The third-order valence-electron chi connectivity index (χ3n) is 1.89. The lowest BCUT2D eigenvalue weighted by Gasteiger charge is -2.10. The first-order valence-corrected chi connectivity index (χ1v) is 9.61. The van der Waals surface area contributed by atoms with Crippen LogP contribution >= 0.6 is 0 Å². The molecule has 1 atom stereocenters. The molecular weight excluding hydrogens is 292 g/mol. The van der Waals surface area contributed by atoms with Crippen LogP contribution in [-0.2, 0) is 20.2 Å². The first kappa shape index (κ1) is 23.9. The molecule has 0 heterocycles. The standard InChI is InChI=1S/C5H12O3S.C5H12.CH4O3S/c1-3-5(2)4-9(6,7)8;1-3-5-4-2;1-5(2,3)4/h5H,3-4H2,1-2H3,(H,6,7,8);3-5H2,1-2H3;1H3,(H,2,3,4)/p-2. The van der Waals surface area contributed by atoms with E-state index in [9.17, 15) is 13.0 Å². The van der Waals surface area contributed by atoms with Gasteiger partial charge in [-0.15, -0.1) is 0 Å². The lowest BCUT2D eigenvalue weighted by atomic mass is 10.2. The minimum absolute atomic E-state index is 0.00694. The van der Waals surface area contributed by atoms with E-state index < -0.39 is 20.2 Å². The monoisotopic (exact) mass is 318 g/mol. The maximum Gasteiger partial charge on any atom is 0.0948 e. The molecule has 0 rings (SSSR count). The van der Waals surface area contributed by atoms with Crippen LogP contribution < -0.4 is 0 Å². The molecule has 0 aliphatic heterocycles. The Hall–Kier alpha value is -0.180. The van der Waals surface area contributed by atoms with Crippen LogP contribution in [0.2, 0.25) is 0 Å². The molecule has 0 aromatic heterocycles. The van der Waals surface area contributed by atoms with Crippen molar-refractivity contribution in [1.82, 2.24) is 0 Å². The third-order valence-corrected chi connectivity index (χ3v) is 2.87. The van der Waals surface area contributed by atoms with Gasteiger partial charge in [-0.05, 0) is 5.92 Å². The molecule has 0 aliphatic carbocycles. The van der Waals surface area contributed by atoms with Gasteiger partial charge in [-0.25, -0.2) is 16.8 Å². The molecule has 0 saturated heterocycles. The highest BCUT2D eigenvalue weighted by Crippen LogP contribution is 2.02. The summed E-state index contributed by atoms with van der Waals surface area (Å²) in [6.07, 6.45) is 5.42. The molecule has 0 spiro atoms. The smallest absolute Gasteiger partial charge is 0.0948 e. The quantitative estimate of drug-likeness (QED) is 0.715. The first-order chi connectivity index (χ1) is 8.37. The summed E-state index contributed by atoms with van der Waals surface area (Å²) >= 11 is 0. The lowest BCUT2D eigenvalue weighted by molar-refractivity contribution is 0.449. The Balaban J connectivity index is -0.000000219. The van der Waals surface area contributed by atoms with Crippen molar-refractivity contribution in [3.63, 3.8) is 0 Å². The summed E-state index contributed by atoms with van der Waals surface area (Å²) in [4.78, 5) is 0. The van der Waals surface area contributed by atoms with Crippen LogP contribution in [0.25, 0.3) is 0 Å². The van der Waals surface area contributed by atoms with Crippen molar-refractivity contribution in [2.45, 2.75) is 53.4 Å². The van der Waals surface area contributed by atoms with Crippen LogP contribution in [0.4, 0.5) is 0 Å². The zero-order chi connectivity index (χ0) is 16.1. The summed E-state index contributed by atoms with van der Waals surface area (Å²) in [5, 5.41) is 0. The van der Waals surface area contributed by atoms with Crippen molar-refractivity contribution in [2.24, 2.45) is 5.92 Å². The highest BCUT2D eigenvalue weighted by molar-refractivity contribution is 7.85. The maximum atomic E-state index is 10.0. The van der Waals surface area contributed by atoms with Gasteiger partial charge in [0.05, 0.1) is 20.2 Å². The average molecular weight is 318 g/mol. The Bertz CT molecular complexity index is 362. The zero-order valence-electron chi connectivity index (χ0n) is 12.4. The van der Waals surface area contributed by atoms with Crippen LogP contribution in [0.3, 0.4) is 0 Å². The predicted molar refractivity (Wildman–Crippen MR) is 74.8 cm³/mol. The Kier molecular flexibility index (Phi) is 16.1. The Morgan fingerprint density at radius 3 is 1.32 bits per heavy atom. The Labute approximate surface area is 118 Å². The molecule has 0 amide bonds. The van der Waals surface area contributed by atoms with Crippen molar-refractivity contribution in [3.05, 3.63) is 0 Å². The molecule has 0 bridgehead atoms. The van der Waals surface area contributed by atoms with Crippen LogP contribution in [0, 0.1) is 5.92 Å². The molecular formula is C11H26O6S2-2. The van der Waals surface area contributed by atoms with Gasteiger partial charge in [0.1, 0.15) is 0 Å². The van der Waals surface area contributed by atoms with E-state index in [1.807, 2.05) is 6.92 Å². The highest BCUT2D eigenvalue weighted by atomic mass is 32.2. The first-order valence-electron chi connectivity index (χ1n) is 6.21. The topological polar surface area (TPSA) is 114 Å². The summed E-state index contributed by atoms with van der Waals surface area (Å²) in [7, 11) is -7.90. The van der Waals surface area contributed by atoms with Crippen molar-refractivity contribution in [1.29, 1.82) is 0 Å². The van der Waals surface area contributed by atoms with Gasteiger partial charge in [0.15, 0.2) is 0 Å². The average Bonchev–Trinajstić information content (AvgIpc) is 2.14. The number of hydrogen-bond donors (Lipinski definition) is 0. The van der Waals surface area contributed by atoms with Gasteiger partial charge < -0.3 is 9.11 Å². The fourth-order valence-electron chi connectivity index (χ4n) is 0.820. The van der Waals surface area contributed by atoms with Gasteiger partial charge in [-0.3, -0.25) is 0 Å². The molecule has 120 valence electrons. The summed E-state index contributed by atoms with van der Waals surface area (Å²) < 4.78 is 57.4. The van der Waals surface area contributed by atoms with E-state index in [4.69, 9.17) is 13.0 Å². The summed E-state index contributed by atoms with van der Waals surface area (Å²) in [6.45, 7) is 8.03. The SMILES string of the molecule is CCC(C)CS(=O)(=O)[O-].CCCCC.CS(=O)(=O)[O-]. The zero-order valence-corrected chi connectivity index (χ0v) is 14.0. The highest BCUT2D eigenvalue weighted by Gasteiger charge is 2.02. The molecule has 0 aromatic rings. The van der Waals surface area contributed by atoms with E-state index in [2.05, 4.69) is 13.8 Å². The van der Waals surface area contributed by atoms with E-state index >= 15 is 0 Å². The van der Waals surface area contributed by atoms with E-state index in [1.165, 1.54) is 19.3 Å². The minimum atomic E-state index is -3.99. The minimum Gasteiger partial charge on any atom is -0.748 e. The molecule has 0 aromatic carbocycles. The normalized spacial score (nSPS) is 12.6. The van der Waals surface area contributed by atoms with Crippen molar-refractivity contribution in [3.8, 4) is 0 Å². The molecule has 0 saturated carbocycles. The maximum absolute atomic E-state index is 10.0. The Morgan fingerprint density at radius 1 is 0.947 bits per heavy atom. The fraction of sp³-hybridized carbons (Fsp3) is 1.00. The van der Waals surface area contributed by atoms with Crippen LogP contribution in [0.5, 0.6) is 0 Å². The molecule has 0 fully saturated rings. The molecule has 1 unspecified atom stereocenters. The van der Waals surface area contributed by atoms with Gasteiger partial charge in [-0.2, -0.15) is 0 Å². The number of rotatable bonds is 5. The molecule has 19 heavy (non-hydrogen) atoms. The third kappa shape index (κ3) is 57.3. The van der Waals surface area contributed by atoms with Crippen LogP contribution in [0.1, 0.15) is 53.4 Å². The van der Waals surface area contributed by atoms with Crippen LogP contribution in [-0.4, -0.2) is 37.9 Å². The van der Waals surface area contributed by atoms with Gasteiger partial charge in [0.2, 0.25) is 0 Å². The largest absolute Gasteiger partial charge is 0.748 e. The fourth-order valence-corrected chi connectivity index (χ4v) is 1.75. The molecule has 0 aliphatic rings. The van der Waals surface area contributed by atoms with Crippen molar-refractivity contribution >= 4 is 20.2 Å². The van der Waals surface area contributed by atoms with Gasteiger partial charge in [0, 0.05) is 12.0 Å². The number of hydrogen-bond acceptors (Lipinski definition) is 6. The van der Waals surface area contributed by atoms with Gasteiger partial charge in [-0.1, -0.05) is 53.4 Å². The second-order valence-electron chi connectivity index (χ2n) is 4.30. The predicted octanol–water partition coefficient (Wildman–Crippen LogP) is 1.94. The van der Waals surface area contributed by atoms with Gasteiger partial charge >= 0.3 is 0 Å². The summed E-state index contributed by atoms with van der Waals surface area (Å²) in [5.74, 6) is -0.240. The summed E-state index contributed by atoms with van der Waals surface area (Å²) in [5.41, 5.74) is 0. The number of unbranched alkanes of at least 4 members (excludes halogenated alkanes) is 2. The van der Waals surface area contributed by atoms with E-state index in [0.717, 1.165) is 6.42 Å². The second-order valence-corrected chi connectivity index (χ2v) is 7.15.